The third-order valence-electron chi connectivity index (χ3n) is 4.46. The van der Waals surface area contributed by atoms with Crippen molar-refractivity contribution in [3.8, 4) is 17.2 Å². The molecule has 6 nitrogen and oxygen atoms in total. The smallest absolute Gasteiger partial charge is 0.255 e. The Morgan fingerprint density at radius 2 is 1.44 bits per heavy atom. The van der Waals surface area contributed by atoms with Gasteiger partial charge in [0.25, 0.3) is 5.91 Å². The highest BCUT2D eigenvalue weighted by molar-refractivity contribution is 5.97. The van der Waals surface area contributed by atoms with Crippen LogP contribution in [0.2, 0.25) is 0 Å². The highest BCUT2D eigenvalue weighted by atomic mass is 16.5. The zero-order valence-corrected chi connectivity index (χ0v) is 16.5. The van der Waals surface area contributed by atoms with Crippen LogP contribution in [0.1, 0.15) is 47.3 Å². The number of nitrogens with one attached hydrogen (secondary N) is 1. The summed E-state index contributed by atoms with van der Waals surface area (Å²) in [6, 6.07) is 11.1. The van der Waals surface area contributed by atoms with E-state index in [1.54, 1.807) is 12.1 Å². The maximum absolute atomic E-state index is 12.6. The van der Waals surface area contributed by atoms with Crippen molar-refractivity contribution < 1.29 is 19.0 Å². The Bertz CT molecular complexity index is 772. The van der Waals surface area contributed by atoms with E-state index in [-0.39, 0.29) is 11.9 Å². The molecule has 0 aliphatic carbocycles. The van der Waals surface area contributed by atoms with Crippen molar-refractivity contribution in [3.05, 3.63) is 53.1 Å². The number of hydrogen-bond acceptors (Lipinski definition) is 5. The van der Waals surface area contributed by atoms with Gasteiger partial charge in [0.15, 0.2) is 11.5 Å². The maximum Gasteiger partial charge on any atom is 0.255 e. The summed E-state index contributed by atoms with van der Waals surface area (Å²) in [4.78, 5) is 12.6. The van der Waals surface area contributed by atoms with Gasteiger partial charge in [-0.25, -0.2) is 0 Å². The lowest BCUT2D eigenvalue weighted by Gasteiger charge is -2.17. The van der Waals surface area contributed by atoms with Gasteiger partial charge in [0.2, 0.25) is 0 Å². The highest BCUT2D eigenvalue weighted by Crippen LogP contribution is 2.34. The van der Waals surface area contributed by atoms with E-state index in [4.69, 9.17) is 19.9 Å². The minimum Gasteiger partial charge on any atom is -0.496 e. The van der Waals surface area contributed by atoms with Gasteiger partial charge in [0.05, 0.1) is 26.9 Å². The summed E-state index contributed by atoms with van der Waals surface area (Å²) in [6.07, 6.45) is 0. The monoisotopic (exact) mass is 372 g/mol. The number of hydrogen-bond donors (Lipinski definition) is 2. The molecule has 6 heteroatoms. The SMILES string of the molecule is COc1cc(OC)c(C(=O)NCC(N)c2ccc(C(C)C)cc2)cc1OC. The van der Waals surface area contributed by atoms with Crippen molar-refractivity contribution in [2.45, 2.75) is 25.8 Å². The maximum atomic E-state index is 12.6. The van der Waals surface area contributed by atoms with Gasteiger partial charge in [-0.1, -0.05) is 38.1 Å². The van der Waals surface area contributed by atoms with E-state index in [9.17, 15) is 4.79 Å². The van der Waals surface area contributed by atoms with Crippen molar-refractivity contribution >= 4 is 5.91 Å². The second-order valence-electron chi connectivity index (χ2n) is 6.55. The molecule has 0 fully saturated rings. The second kappa shape index (κ2) is 9.28. The number of carbonyl (C=O) groups is 1. The minimum absolute atomic E-state index is 0.290. The molecule has 3 N–H and O–H groups in total. The van der Waals surface area contributed by atoms with Gasteiger partial charge in [-0.05, 0) is 17.0 Å². The number of methoxy groups -OCH3 is 3. The normalized spacial score (nSPS) is 11.8. The summed E-state index contributed by atoms with van der Waals surface area (Å²) in [6.45, 7) is 4.59. The first-order chi connectivity index (χ1) is 12.9. The number of benzene rings is 2. The Balaban J connectivity index is 2.10. The molecule has 0 aliphatic heterocycles. The Hall–Kier alpha value is -2.73. The third-order valence-corrected chi connectivity index (χ3v) is 4.46. The van der Waals surface area contributed by atoms with E-state index in [0.717, 1.165) is 5.56 Å². The van der Waals surface area contributed by atoms with Crippen molar-refractivity contribution in [3.63, 3.8) is 0 Å². The van der Waals surface area contributed by atoms with Crippen LogP contribution >= 0.6 is 0 Å². The Kier molecular flexibility index (Phi) is 7.07. The predicted octanol–water partition coefficient (Wildman–Crippen LogP) is 3.27. The van der Waals surface area contributed by atoms with Crippen LogP contribution in [-0.4, -0.2) is 33.8 Å². The fourth-order valence-electron chi connectivity index (χ4n) is 2.75. The van der Waals surface area contributed by atoms with Crippen LogP contribution in [0.4, 0.5) is 0 Å². The summed E-state index contributed by atoms with van der Waals surface area (Å²) < 4.78 is 15.8. The number of amides is 1. The quantitative estimate of drug-likeness (QED) is 0.743. The van der Waals surface area contributed by atoms with E-state index in [1.165, 1.54) is 26.9 Å². The molecular weight excluding hydrogens is 344 g/mol. The molecule has 0 aliphatic rings. The number of nitrogens with two attached hydrogens (primary N) is 1. The van der Waals surface area contributed by atoms with E-state index >= 15 is 0 Å². The summed E-state index contributed by atoms with van der Waals surface area (Å²) >= 11 is 0. The molecule has 1 atom stereocenters. The molecule has 0 bridgehead atoms. The van der Waals surface area contributed by atoms with Gasteiger partial charge in [-0.15, -0.1) is 0 Å². The van der Waals surface area contributed by atoms with Crippen molar-refractivity contribution in [1.82, 2.24) is 5.32 Å². The molecule has 146 valence electrons. The fraction of sp³-hybridized carbons (Fsp3) is 0.381. The van der Waals surface area contributed by atoms with E-state index < -0.39 is 0 Å². The molecule has 1 unspecified atom stereocenters. The van der Waals surface area contributed by atoms with Crippen molar-refractivity contribution in [2.75, 3.05) is 27.9 Å². The Labute approximate surface area is 160 Å². The zero-order valence-electron chi connectivity index (χ0n) is 16.5. The summed E-state index contributed by atoms with van der Waals surface area (Å²) in [5.41, 5.74) is 8.81. The van der Waals surface area contributed by atoms with E-state index in [2.05, 4.69) is 31.3 Å². The molecule has 0 saturated carbocycles. The molecule has 0 heterocycles. The average Bonchev–Trinajstić information content (AvgIpc) is 2.70. The van der Waals surface area contributed by atoms with Crippen LogP contribution in [0.25, 0.3) is 0 Å². The topological polar surface area (TPSA) is 82.8 Å². The standard InChI is InChI=1S/C21H28N2O4/c1-13(2)14-6-8-15(9-7-14)17(22)12-23-21(24)16-10-19(26-4)20(27-5)11-18(16)25-3/h6-11,13,17H,12,22H2,1-5H3,(H,23,24). The molecule has 1 amide bonds. The molecule has 0 saturated heterocycles. The first kappa shape index (κ1) is 20.6. The van der Waals surface area contributed by atoms with Crippen molar-refractivity contribution in [2.24, 2.45) is 5.73 Å². The van der Waals surface area contributed by atoms with Crippen LogP contribution < -0.4 is 25.3 Å². The van der Waals surface area contributed by atoms with Crippen LogP contribution in [0.15, 0.2) is 36.4 Å². The summed E-state index contributed by atoms with van der Waals surface area (Å²) in [5.74, 6) is 1.53. The van der Waals surface area contributed by atoms with Crippen molar-refractivity contribution in [1.29, 1.82) is 0 Å². The minimum atomic E-state index is -0.304. The van der Waals surface area contributed by atoms with Gasteiger partial charge < -0.3 is 25.3 Å². The molecule has 0 spiro atoms. The summed E-state index contributed by atoms with van der Waals surface area (Å²) in [5, 5.41) is 2.86. The van der Waals surface area contributed by atoms with Gasteiger partial charge in [-0.2, -0.15) is 0 Å². The largest absolute Gasteiger partial charge is 0.496 e. The average molecular weight is 372 g/mol. The van der Waals surface area contributed by atoms with Gasteiger partial charge in [0, 0.05) is 24.7 Å². The molecule has 0 radical (unpaired) electrons. The lowest BCUT2D eigenvalue weighted by atomic mass is 9.99. The first-order valence-electron chi connectivity index (χ1n) is 8.84. The second-order valence-corrected chi connectivity index (χ2v) is 6.55. The number of carbonyl (C=O) groups excluding carboxylic acids is 1. The van der Waals surface area contributed by atoms with Gasteiger partial charge in [0.1, 0.15) is 5.75 Å². The van der Waals surface area contributed by atoms with Crippen LogP contribution in [-0.2, 0) is 0 Å². The molecule has 27 heavy (non-hydrogen) atoms. The third kappa shape index (κ3) is 4.92. The molecule has 2 aromatic carbocycles. The van der Waals surface area contributed by atoms with Crippen LogP contribution in [0, 0.1) is 0 Å². The first-order valence-corrected chi connectivity index (χ1v) is 8.84. The lowest BCUT2D eigenvalue weighted by Crippen LogP contribution is -2.32. The fourth-order valence-corrected chi connectivity index (χ4v) is 2.75. The molecular formula is C21H28N2O4. The Morgan fingerprint density at radius 1 is 0.926 bits per heavy atom. The predicted molar refractivity (Wildman–Crippen MR) is 106 cm³/mol. The van der Waals surface area contributed by atoms with E-state index in [1.807, 2.05) is 12.1 Å². The highest BCUT2D eigenvalue weighted by Gasteiger charge is 2.18. The van der Waals surface area contributed by atoms with Crippen LogP contribution in [0.5, 0.6) is 17.2 Å². The van der Waals surface area contributed by atoms with E-state index in [0.29, 0.717) is 35.3 Å². The zero-order chi connectivity index (χ0) is 20.0. The van der Waals surface area contributed by atoms with Gasteiger partial charge >= 0.3 is 0 Å². The lowest BCUT2D eigenvalue weighted by molar-refractivity contribution is 0.0947. The Morgan fingerprint density at radius 3 is 1.96 bits per heavy atom. The number of ether oxygens (including phenoxy) is 3. The molecule has 2 aromatic rings. The van der Waals surface area contributed by atoms with Crippen LogP contribution in [0.3, 0.4) is 0 Å². The summed E-state index contributed by atoms with van der Waals surface area (Å²) in [7, 11) is 4.55. The number of rotatable bonds is 8. The molecule has 0 aromatic heterocycles. The molecule has 2 rings (SSSR count). The van der Waals surface area contributed by atoms with Gasteiger partial charge in [-0.3, -0.25) is 4.79 Å².